The van der Waals surface area contributed by atoms with Crippen LogP contribution in [0.15, 0.2) is 58.1 Å². The molecule has 0 spiro atoms. The summed E-state index contributed by atoms with van der Waals surface area (Å²) < 4.78 is 31.8. The summed E-state index contributed by atoms with van der Waals surface area (Å²) in [6, 6.07) is 14.8. The number of hydrogen-bond acceptors (Lipinski definition) is 4. The molecule has 0 saturated heterocycles. The van der Waals surface area contributed by atoms with Gasteiger partial charge < -0.3 is 4.74 Å². The molecule has 7 heteroatoms. The quantitative estimate of drug-likeness (QED) is 0.776. The van der Waals surface area contributed by atoms with Gasteiger partial charge >= 0.3 is 0 Å². The molecule has 0 amide bonds. The lowest BCUT2D eigenvalue weighted by Crippen LogP contribution is -2.25. The van der Waals surface area contributed by atoms with Gasteiger partial charge in [-0.05, 0) is 35.4 Å². The fraction of sp³-hybridized carbons (Fsp3) is 0.235. The lowest BCUT2D eigenvalue weighted by molar-refractivity contribution is 0.371. The third kappa shape index (κ3) is 3.47. The van der Waals surface area contributed by atoms with E-state index in [0.29, 0.717) is 12.2 Å². The van der Waals surface area contributed by atoms with Crippen LogP contribution in [0.2, 0.25) is 0 Å². The highest BCUT2D eigenvalue weighted by atomic mass is 79.9. The van der Waals surface area contributed by atoms with Crippen LogP contribution >= 0.6 is 15.9 Å². The average molecular weight is 409 g/mol. The van der Waals surface area contributed by atoms with Crippen molar-refractivity contribution in [2.24, 2.45) is 5.10 Å². The minimum atomic E-state index is -3.47. The van der Waals surface area contributed by atoms with Crippen molar-refractivity contribution in [3.05, 3.63) is 64.1 Å². The lowest BCUT2D eigenvalue weighted by atomic mass is 9.99. The minimum Gasteiger partial charge on any atom is -0.497 e. The number of methoxy groups -OCH3 is 1. The highest BCUT2D eigenvalue weighted by Gasteiger charge is 2.34. The van der Waals surface area contributed by atoms with E-state index in [1.165, 1.54) is 10.7 Å². The Morgan fingerprint density at radius 1 is 1.21 bits per heavy atom. The Morgan fingerprint density at radius 2 is 1.92 bits per heavy atom. The van der Waals surface area contributed by atoms with Gasteiger partial charge in [0.25, 0.3) is 0 Å². The van der Waals surface area contributed by atoms with Crippen molar-refractivity contribution in [2.75, 3.05) is 13.4 Å². The molecule has 0 fully saturated rings. The van der Waals surface area contributed by atoms with Crippen LogP contribution < -0.4 is 4.74 Å². The number of ether oxygens (including phenoxy) is 1. The van der Waals surface area contributed by atoms with Gasteiger partial charge in [0.2, 0.25) is 10.0 Å². The molecule has 1 atom stereocenters. The Kier molecular flexibility index (Phi) is 4.64. The summed E-state index contributed by atoms with van der Waals surface area (Å²) in [4.78, 5) is 0. The molecule has 0 N–H and O–H groups in total. The van der Waals surface area contributed by atoms with Gasteiger partial charge in [-0.15, -0.1) is 0 Å². The maximum Gasteiger partial charge on any atom is 0.247 e. The standard InChI is InChI=1S/C17H17BrN2O3S/c1-23-15-5-3-4-13(10-15)17-11-16(19-20(17)24(2,21)22)12-6-8-14(18)9-7-12/h3-10,17H,11H2,1-2H3/t17-/m0/s1. The van der Waals surface area contributed by atoms with Crippen molar-refractivity contribution in [1.82, 2.24) is 4.41 Å². The maximum atomic E-state index is 12.2. The summed E-state index contributed by atoms with van der Waals surface area (Å²) in [5.74, 6) is 0.693. The zero-order valence-corrected chi connectivity index (χ0v) is 15.7. The molecule has 24 heavy (non-hydrogen) atoms. The van der Waals surface area contributed by atoms with Crippen LogP contribution in [0.4, 0.5) is 0 Å². The Hall–Kier alpha value is -1.86. The van der Waals surface area contributed by atoms with Gasteiger partial charge in [-0.1, -0.05) is 40.2 Å². The molecule has 0 bridgehead atoms. The van der Waals surface area contributed by atoms with E-state index in [9.17, 15) is 8.42 Å². The number of rotatable bonds is 4. The number of hydrazone groups is 1. The molecule has 1 heterocycles. The van der Waals surface area contributed by atoms with E-state index < -0.39 is 10.0 Å². The number of benzene rings is 2. The average Bonchev–Trinajstić information content (AvgIpc) is 3.01. The van der Waals surface area contributed by atoms with Gasteiger partial charge in [-0.2, -0.15) is 9.52 Å². The molecule has 0 radical (unpaired) electrons. The smallest absolute Gasteiger partial charge is 0.247 e. The van der Waals surface area contributed by atoms with Crippen molar-refractivity contribution in [1.29, 1.82) is 0 Å². The molecule has 1 aliphatic heterocycles. The van der Waals surface area contributed by atoms with Crippen molar-refractivity contribution in [2.45, 2.75) is 12.5 Å². The second-order valence-electron chi connectivity index (χ2n) is 5.59. The minimum absolute atomic E-state index is 0.367. The van der Waals surface area contributed by atoms with Gasteiger partial charge in [0.1, 0.15) is 5.75 Å². The molecule has 1 aliphatic rings. The second-order valence-corrected chi connectivity index (χ2v) is 8.34. The summed E-state index contributed by atoms with van der Waals surface area (Å²) in [6.45, 7) is 0. The predicted molar refractivity (Wildman–Crippen MR) is 97.7 cm³/mol. The van der Waals surface area contributed by atoms with E-state index >= 15 is 0 Å². The van der Waals surface area contributed by atoms with Crippen LogP contribution in [0.25, 0.3) is 0 Å². The van der Waals surface area contributed by atoms with Crippen molar-refractivity contribution >= 4 is 31.7 Å². The number of sulfonamides is 1. The van der Waals surface area contributed by atoms with Crippen molar-refractivity contribution in [3.63, 3.8) is 0 Å². The molecule has 0 aliphatic carbocycles. The number of nitrogens with zero attached hydrogens (tertiary/aromatic N) is 2. The molecule has 0 aromatic heterocycles. The molecule has 126 valence electrons. The van der Waals surface area contributed by atoms with Crippen LogP contribution in [0.1, 0.15) is 23.6 Å². The van der Waals surface area contributed by atoms with Crippen LogP contribution in [0.3, 0.4) is 0 Å². The first-order valence-electron chi connectivity index (χ1n) is 7.35. The zero-order chi connectivity index (χ0) is 17.3. The van der Waals surface area contributed by atoms with E-state index in [0.717, 1.165) is 21.3 Å². The first kappa shape index (κ1) is 17.0. The van der Waals surface area contributed by atoms with Crippen molar-refractivity contribution < 1.29 is 13.2 Å². The fourth-order valence-electron chi connectivity index (χ4n) is 2.71. The van der Waals surface area contributed by atoms with Gasteiger partial charge in [0, 0.05) is 10.9 Å². The highest BCUT2D eigenvalue weighted by molar-refractivity contribution is 9.10. The summed E-state index contributed by atoms with van der Waals surface area (Å²) >= 11 is 3.40. The first-order chi connectivity index (χ1) is 11.4. The van der Waals surface area contributed by atoms with Gasteiger partial charge in [0.05, 0.1) is 25.1 Å². The zero-order valence-electron chi connectivity index (χ0n) is 13.3. The normalized spacial score (nSPS) is 17.7. The number of hydrogen-bond donors (Lipinski definition) is 0. The van der Waals surface area contributed by atoms with Crippen LogP contribution in [0, 0.1) is 0 Å². The SMILES string of the molecule is COc1cccc([C@@H]2CC(c3ccc(Br)cc3)=NN2S(C)(=O)=O)c1. The highest BCUT2D eigenvalue weighted by Crippen LogP contribution is 2.35. The third-order valence-electron chi connectivity index (χ3n) is 3.87. The monoisotopic (exact) mass is 408 g/mol. The molecule has 2 aromatic rings. The van der Waals surface area contributed by atoms with Crippen molar-refractivity contribution in [3.8, 4) is 5.75 Å². The van der Waals surface area contributed by atoms with E-state index in [-0.39, 0.29) is 6.04 Å². The lowest BCUT2D eigenvalue weighted by Gasteiger charge is -2.21. The van der Waals surface area contributed by atoms with Crippen LogP contribution in [0.5, 0.6) is 5.75 Å². The molecule has 2 aromatic carbocycles. The summed E-state index contributed by atoms with van der Waals surface area (Å²) in [6.07, 6.45) is 1.69. The Morgan fingerprint density at radius 3 is 2.54 bits per heavy atom. The molecular formula is C17H17BrN2O3S. The summed E-state index contributed by atoms with van der Waals surface area (Å²) in [5.41, 5.74) is 2.52. The van der Waals surface area contributed by atoms with Gasteiger partial charge in [-0.3, -0.25) is 0 Å². The Balaban J connectivity index is 2.00. The van der Waals surface area contributed by atoms with Gasteiger partial charge in [-0.25, -0.2) is 8.42 Å². The second kappa shape index (κ2) is 6.57. The van der Waals surface area contributed by atoms with E-state index in [4.69, 9.17) is 4.74 Å². The maximum absolute atomic E-state index is 12.2. The van der Waals surface area contributed by atoms with Crippen LogP contribution in [-0.4, -0.2) is 31.9 Å². The molecule has 3 rings (SSSR count). The first-order valence-corrected chi connectivity index (χ1v) is 9.99. The molecular weight excluding hydrogens is 392 g/mol. The Bertz CT molecular complexity index is 879. The predicted octanol–water partition coefficient (Wildman–Crippen LogP) is 3.57. The molecule has 5 nitrogen and oxygen atoms in total. The summed E-state index contributed by atoms with van der Waals surface area (Å²) in [5, 5.41) is 4.38. The number of halogens is 1. The molecule has 0 saturated carbocycles. The van der Waals surface area contributed by atoms with E-state index in [1.54, 1.807) is 7.11 Å². The largest absolute Gasteiger partial charge is 0.497 e. The fourth-order valence-corrected chi connectivity index (χ4v) is 3.88. The van der Waals surface area contributed by atoms with Crippen LogP contribution in [-0.2, 0) is 10.0 Å². The topological polar surface area (TPSA) is 59.0 Å². The summed E-state index contributed by atoms with van der Waals surface area (Å²) in [7, 11) is -1.88. The third-order valence-corrected chi connectivity index (χ3v) is 5.41. The van der Waals surface area contributed by atoms with E-state index in [1.807, 2.05) is 48.5 Å². The van der Waals surface area contributed by atoms with E-state index in [2.05, 4.69) is 21.0 Å². The van der Waals surface area contributed by atoms with Gasteiger partial charge in [0.15, 0.2) is 0 Å². The Labute approximate surface area is 150 Å². The molecule has 0 unspecified atom stereocenters.